The Morgan fingerprint density at radius 3 is 2.15 bits per heavy atom. The Morgan fingerprint density at radius 1 is 0.900 bits per heavy atom. The van der Waals surface area contributed by atoms with Crippen molar-refractivity contribution in [2.75, 3.05) is 5.32 Å². The lowest BCUT2D eigenvalue weighted by Crippen LogP contribution is -2.10. The van der Waals surface area contributed by atoms with Crippen LogP contribution in [0, 0.1) is 17.5 Å². The summed E-state index contributed by atoms with van der Waals surface area (Å²) in [6, 6.07) is 9.09. The zero-order valence-corrected chi connectivity index (χ0v) is 10.2. The number of rotatable bonds is 3. The molecule has 102 valence electrons. The second-order valence-corrected chi connectivity index (χ2v) is 3.94. The van der Waals surface area contributed by atoms with Crippen molar-refractivity contribution in [2.45, 2.75) is 0 Å². The second kappa shape index (κ2) is 6.06. The van der Waals surface area contributed by atoms with Gasteiger partial charge in [0, 0.05) is 11.6 Å². The van der Waals surface area contributed by atoms with E-state index < -0.39 is 29.0 Å². The van der Waals surface area contributed by atoms with Crippen molar-refractivity contribution < 1.29 is 18.0 Å². The number of amides is 1. The van der Waals surface area contributed by atoms with Crippen LogP contribution in [-0.4, -0.2) is 5.91 Å². The first-order valence-corrected chi connectivity index (χ1v) is 5.75. The molecule has 2 aromatic rings. The normalized spacial score (nSPS) is 10.8. The second-order valence-electron chi connectivity index (χ2n) is 3.94. The fourth-order valence-corrected chi connectivity index (χ4v) is 1.56. The molecule has 20 heavy (non-hydrogen) atoms. The maximum absolute atomic E-state index is 13.3. The summed E-state index contributed by atoms with van der Waals surface area (Å²) in [6.07, 6.45) is 2.23. The molecular formula is C15H10F3NO. The van der Waals surface area contributed by atoms with E-state index in [0.29, 0.717) is 0 Å². The maximum atomic E-state index is 13.3. The zero-order chi connectivity index (χ0) is 14.5. The molecule has 1 amide bonds. The lowest BCUT2D eigenvalue weighted by molar-refractivity contribution is -0.111. The molecule has 0 heterocycles. The highest BCUT2D eigenvalue weighted by Gasteiger charge is 2.09. The first-order valence-electron chi connectivity index (χ1n) is 5.75. The van der Waals surface area contributed by atoms with E-state index in [2.05, 4.69) is 5.32 Å². The van der Waals surface area contributed by atoms with Gasteiger partial charge in [0.05, 0.1) is 0 Å². The summed E-state index contributed by atoms with van der Waals surface area (Å²) in [5.41, 5.74) is -0.327. The molecule has 2 rings (SSSR count). The number of carbonyl (C=O) groups excluding carboxylic acids is 1. The minimum atomic E-state index is -0.877. The van der Waals surface area contributed by atoms with Crippen molar-refractivity contribution >= 4 is 17.7 Å². The molecular weight excluding hydrogens is 267 g/mol. The molecule has 0 aliphatic rings. The van der Waals surface area contributed by atoms with Gasteiger partial charge in [-0.25, -0.2) is 13.2 Å². The van der Waals surface area contributed by atoms with Crippen LogP contribution in [0.2, 0.25) is 0 Å². The van der Waals surface area contributed by atoms with Crippen molar-refractivity contribution in [3.8, 4) is 0 Å². The van der Waals surface area contributed by atoms with Crippen LogP contribution in [-0.2, 0) is 4.79 Å². The quantitative estimate of drug-likeness (QED) is 0.850. The van der Waals surface area contributed by atoms with Crippen molar-refractivity contribution in [3.63, 3.8) is 0 Å². The van der Waals surface area contributed by atoms with Crippen LogP contribution in [0.3, 0.4) is 0 Å². The number of hydrogen-bond acceptors (Lipinski definition) is 1. The molecule has 0 spiro atoms. The topological polar surface area (TPSA) is 29.1 Å². The molecule has 0 saturated heterocycles. The van der Waals surface area contributed by atoms with E-state index in [-0.39, 0.29) is 5.56 Å². The van der Waals surface area contributed by atoms with Crippen LogP contribution in [0.5, 0.6) is 0 Å². The van der Waals surface area contributed by atoms with E-state index >= 15 is 0 Å². The van der Waals surface area contributed by atoms with Gasteiger partial charge in [-0.2, -0.15) is 0 Å². The molecule has 0 atom stereocenters. The van der Waals surface area contributed by atoms with Gasteiger partial charge in [0.15, 0.2) is 0 Å². The minimum Gasteiger partial charge on any atom is -0.318 e. The SMILES string of the molecule is O=C(/C=C/c1ccccc1F)Nc1c(F)cccc1F. The van der Waals surface area contributed by atoms with Gasteiger partial charge in [0.25, 0.3) is 0 Å². The largest absolute Gasteiger partial charge is 0.318 e. The first kappa shape index (κ1) is 13.9. The zero-order valence-electron chi connectivity index (χ0n) is 10.2. The standard InChI is InChI=1S/C15H10F3NO/c16-11-5-2-1-4-10(11)8-9-14(20)19-15-12(17)6-3-7-13(15)18/h1-9H,(H,19,20)/b9-8+. The molecule has 0 fully saturated rings. The van der Waals surface area contributed by atoms with E-state index in [1.54, 1.807) is 6.07 Å². The van der Waals surface area contributed by atoms with Gasteiger partial charge in [-0.15, -0.1) is 0 Å². The molecule has 0 aliphatic carbocycles. The Balaban J connectivity index is 2.12. The fourth-order valence-electron chi connectivity index (χ4n) is 1.56. The predicted octanol–water partition coefficient (Wildman–Crippen LogP) is 3.76. The maximum Gasteiger partial charge on any atom is 0.248 e. The van der Waals surface area contributed by atoms with Crippen molar-refractivity contribution in [3.05, 3.63) is 71.6 Å². The van der Waals surface area contributed by atoms with Crippen LogP contribution in [0.1, 0.15) is 5.56 Å². The highest BCUT2D eigenvalue weighted by atomic mass is 19.1. The number of para-hydroxylation sites is 1. The molecule has 5 heteroatoms. The average Bonchev–Trinajstić information content (AvgIpc) is 2.42. The van der Waals surface area contributed by atoms with Crippen molar-refractivity contribution in [2.24, 2.45) is 0 Å². The molecule has 2 aromatic carbocycles. The number of nitrogens with one attached hydrogen (secondary N) is 1. The summed E-state index contributed by atoms with van der Waals surface area (Å²) < 4.78 is 39.9. The molecule has 0 unspecified atom stereocenters. The summed E-state index contributed by atoms with van der Waals surface area (Å²) in [7, 11) is 0. The van der Waals surface area contributed by atoms with Crippen molar-refractivity contribution in [1.29, 1.82) is 0 Å². The molecule has 2 nitrogen and oxygen atoms in total. The van der Waals surface area contributed by atoms with Gasteiger partial charge < -0.3 is 5.32 Å². The Labute approximate surface area is 113 Å². The highest BCUT2D eigenvalue weighted by molar-refractivity contribution is 6.02. The monoisotopic (exact) mass is 277 g/mol. The van der Waals surface area contributed by atoms with Crippen LogP contribution in [0.25, 0.3) is 6.08 Å². The van der Waals surface area contributed by atoms with Gasteiger partial charge in [-0.1, -0.05) is 24.3 Å². The minimum absolute atomic E-state index is 0.205. The molecule has 0 radical (unpaired) electrons. The molecule has 0 aliphatic heterocycles. The van der Waals surface area contributed by atoms with Gasteiger partial charge in [0.1, 0.15) is 23.1 Å². The van der Waals surface area contributed by atoms with Crippen LogP contribution in [0.15, 0.2) is 48.5 Å². The van der Waals surface area contributed by atoms with E-state index in [9.17, 15) is 18.0 Å². The van der Waals surface area contributed by atoms with Crippen LogP contribution in [0.4, 0.5) is 18.9 Å². The highest BCUT2D eigenvalue weighted by Crippen LogP contribution is 2.18. The van der Waals surface area contributed by atoms with E-state index in [0.717, 1.165) is 18.2 Å². The third kappa shape index (κ3) is 3.26. The van der Waals surface area contributed by atoms with Gasteiger partial charge in [-0.3, -0.25) is 4.79 Å². The fraction of sp³-hybridized carbons (Fsp3) is 0. The Morgan fingerprint density at radius 2 is 1.50 bits per heavy atom. The van der Waals surface area contributed by atoms with Crippen molar-refractivity contribution in [1.82, 2.24) is 0 Å². The lowest BCUT2D eigenvalue weighted by Gasteiger charge is -2.04. The van der Waals surface area contributed by atoms with Gasteiger partial charge >= 0.3 is 0 Å². The Bertz CT molecular complexity index is 648. The Kier molecular flexibility index (Phi) is 4.20. The average molecular weight is 277 g/mol. The number of benzene rings is 2. The molecule has 0 saturated carbocycles. The van der Waals surface area contributed by atoms with E-state index in [1.807, 2.05) is 0 Å². The number of carbonyl (C=O) groups is 1. The molecule has 0 aromatic heterocycles. The molecule has 1 N–H and O–H groups in total. The Hall–Kier alpha value is -2.56. The molecule has 0 bridgehead atoms. The lowest BCUT2D eigenvalue weighted by atomic mass is 10.2. The number of anilines is 1. The van der Waals surface area contributed by atoms with Gasteiger partial charge in [-0.05, 0) is 24.3 Å². The number of halogens is 3. The summed E-state index contributed by atoms with van der Waals surface area (Å²) in [5.74, 6) is -3.00. The van der Waals surface area contributed by atoms with Crippen LogP contribution >= 0.6 is 0 Å². The van der Waals surface area contributed by atoms with E-state index in [4.69, 9.17) is 0 Å². The first-order chi connectivity index (χ1) is 9.58. The summed E-state index contributed by atoms with van der Waals surface area (Å²) in [4.78, 5) is 11.5. The smallest absolute Gasteiger partial charge is 0.248 e. The predicted molar refractivity (Wildman–Crippen MR) is 70.4 cm³/mol. The summed E-state index contributed by atoms with van der Waals surface area (Å²) in [5, 5.41) is 2.07. The van der Waals surface area contributed by atoms with E-state index in [1.165, 1.54) is 30.3 Å². The van der Waals surface area contributed by atoms with Gasteiger partial charge in [0.2, 0.25) is 5.91 Å². The summed E-state index contributed by atoms with van der Waals surface area (Å²) >= 11 is 0. The summed E-state index contributed by atoms with van der Waals surface area (Å²) in [6.45, 7) is 0. The number of hydrogen-bond donors (Lipinski definition) is 1. The van der Waals surface area contributed by atoms with Crippen LogP contribution < -0.4 is 5.32 Å². The third-order valence-electron chi connectivity index (χ3n) is 2.53. The third-order valence-corrected chi connectivity index (χ3v) is 2.53.